The minimum absolute atomic E-state index is 0.00607. The number of nitrogens with one attached hydrogen (secondary N) is 1. The summed E-state index contributed by atoms with van der Waals surface area (Å²) in [4.78, 5) is 28.5. The predicted molar refractivity (Wildman–Crippen MR) is 177 cm³/mol. The van der Waals surface area contributed by atoms with Crippen LogP contribution in [0.15, 0.2) is 42.9 Å². The van der Waals surface area contributed by atoms with E-state index in [9.17, 15) is 4.79 Å². The van der Waals surface area contributed by atoms with Gasteiger partial charge in [-0.25, -0.2) is 24.6 Å². The van der Waals surface area contributed by atoms with Crippen LogP contribution in [0.25, 0.3) is 16.6 Å². The summed E-state index contributed by atoms with van der Waals surface area (Å²) in [6.45, 7) is 18.2. The Balaban J connectivity index is 1.37. The highest BCUT2D eigenvalue weighted by atomic mass is 35.5. The van der Waals surface area contributed by atoms with Crippen molar-refractivity contribution >= 4 is 45.9 Å². The quantitative estimate of drug-likeness (QED) is 0.141. The second-order valence-corrected chi connectivity index (χ2v) is 13.6. The first kappa shape index (κ1) is 32.2. The van der Waals surface area contributed by atoms with Crippen LogP contribution >= 0.6 is 11.6 Å². The molecule has 0 aromatic carbocycles. The zero-order valence-electron chi connectivity index (χ0n) is 27.4. The van der Waals surface area contributed by atoms with E-state index in [0.717, 1.165) is 44.6 Å². The van der Waals surface area contributed by atoms with Crippen LogP contribution in [-0.4, -0.2) is 53.2 Å². The standard InChI is InChI=1S/C33H41ClN8O3/c1-20-12-29(42(19-44-32(4,5)6)31(43)45-33(7,8)9)37-22(3)24(20)14-35-30-25-18-41(39-26(25)13-27(34)38-30)17-23-10-11-28-36-21(2)15-40(28)16-23/h10-13,15-16,18H,14,17,19H2,1-9H3,(H,35,38). The second-order valence-electron chi connectivity index (χ2n) is 13.2. The number of pyridine rings is 3. The lowest BCUT2D eigenvalue weighted by Gasteiger charge is -2.30. The molecule has 5 aromatic heterocycles. The smallest absolute Gasteiger partial charge is 0.417 e. The summed E-state index contributed by atoms with van der Waals surface area (Å²) < 4.78 is 15.5. The lowest BCUT2D eigenvalue weighted by Crippen LogP contribution is -2.41. The number of nitrogens with zero attached hydrogens (tertiary/aromatic N) is 7. The molecule has 0 aliphatic carbocycles. The molecule has 45 heavy (non-hydrogen) atoms. The lowest BCUT2D eigenvalue weighted by atomic mass is 10.1. The molecular formula is C33H41ClN8O3. The zero-order chi connectivity index (χ0) is 32.7. The summed E-state index contributed by atoms with van der Waals surface area (Å²) in [5, 5.41) is 9.42. The van der Waals surface area contributed by atoms with Gasteiger partial charge in [0.25, 0.3) is 0 Å². The Kier molecular flexibility index (Phi) is 8.79. The molecule has 0 radical (unpaired) electrons. The van der Waals surface area contributed by atoms with Crippen LogP contribution in [0.3, 0.4) is 0 Å². The van der Waals surface area contributed by atoms with E-state index in [2.05, 4.69) is 27.5 Å². The van der Waals surface area contributed by atoms with Crippen molar-refractivity contribution < 1.29 is 14.3 Å². The molecule has 0 saturated heterocycles. The predicted octanol–water partition coefficient (Wildman–Crippen LogP) is 7.23. The van der Waals surface area contributed by atoms with Crippen molar-refractivity contribution in [3.8, 4) is 0 Å². The number of aromatic nitrogens is 6. The normalized spacial score (nSPS) is 12.2. The van der Waals surface area contributed by atoms with E-state index >= 15 is 0 Å². The summed E-state index contributed by atoms with van der Waals surface area (Å²) >= 11 is 6.41. The average Bonchev–Trinajstić information content (AvgIpc) is 3.47. The maximum atomic E-state index is 13.2. The van der Waals surface area contributed by atoms with Crippen molar-refractivity contribution in [3.05, 3.63) is 76.1 Å². The fourth-order valence-corrected chi connectivity index (χ4v) is 5.09. The van der Waals surface area contributed by atoms with Crippen molar-refractivity contribution in [2.24, 2.45) is 0 Å². The van der Waals surface area contributed by atoms with Crippen molar-refractivity contribution in [2.45, 2.75) is 86.6 Å². The van der Waals surface area contributed by atoms with Gasteiger partial charge in [-0.2, -0.15) is 5.10 Å². The molecule has 0 bridgehead atoms. The number of rotatable bonds is 8. The van der Waals surface area contributed by atoms with Gasteiger partial charge in [0, 0.05) is 36.9 Å². The summed E-state index contributed by atoms with van der Waals surface area (Å²) in [6, 6.07) is 7.70. The highest BCUT2D eigenvalue weighted by molar-refractivity contribution is 6.30. The zero-order valence-corrected chi connectivity index (χ0v) is 28.2. The maximum absolute atomic E-state index is 13.2. The number of halogens is 1. The molecule has 5 heterocycles. The third-order valence-corrected chi connectivity index (χ3v) is 7.18. The molecule has 12 heteroatoms. The lowest BCUT2D eigenvalue weighted by molar-refractivity contribution is -0.00771. The molecule has 5 rings (SSSR count). The van der Waals surface area contributed by atoms with Gasteiger partial charge in [-0.05, 0) is 91.1 Å². The van der Waals surface area contributed by atoms with E-state index in [-0.39, 0.29) is 6.73 Å². The minimum Gasteiger partial charge on any atom is -0.443 e. The van der Waals surface area contributed by atoms with E-state index in [0.29, 0.717) is 29.9 Å². The van der Waals surface area contributed by atoms with Crippen LogP contribution in [0.2, 0.25) is 5.15 Å². The van der Waals surface area contributed by atoms with Crippen molar-refractivity contribution in [3.63, 3.8) is 0 Å². The molecule has 238 valence electrons. The highest BCUT2D eigenvalue weighted by Crippen LogP contribution is 2.27. The van der Waals surface area contributed by atoms with Crippen LogP contribution in [0, 0.1) is 20.8 Å². The number of carbonyl (C=O) groups excluding carboxylic acids is 1. The van der Waals surface area contributed by atoms with Gasteiger partial charge in [-0.1, -0.05) is 17.7 Å². The first-order valence-electron chi connectivity index (χ1n) is 14.9. The van der Waals surface area contributed by atoms with E-state index < -0.39 is 17.3 Å². The van der Waals surface area contributed by atoms with Gasteiger partial charge in [-0.3, -0.25) is 4.68 Å². The van der Waals surface area contributed by atoms with E-state index in [1.54, 1.807) is 6.07 Å². The van der Waals surface area contributed by atoms with Crippen LogP contribution in [0.5, 0.6) is 0 Å². The number of carbonyl (C=O) groups is 1. The monoisotopic (exact) mass is 632 g/mol. The third-order valence-electron chi connectivity index (χ3n) is 6.99. The van der Waals surface area contributed by atoms with Crippen LogP contribution < -0.4 is 10.2 Å². The first-order valence-corrected chi connectivity index (χ1v) is 15.3. The number of aryl methyl sites for hydroxylation is 3. The van der Waals surface area contributed by atoms with E-state index in [1.807, 2.05) is 95.9 Å². The molecule has 0 aliphatic heterocycles. The van der Waals surface area contributed by atoms with Gasteiger partial charge in [0.1, 0.15) is 34.8 Å². The molecule has 1 amide bonds. The Morgan fingerprint density at radius 3 is 2.42 bits per heavy atom. The number of fused-ring (bicyclic) bond motifs is 2. The van der Waals surface area contributed by atoms with E-state index in [1.165, 1.54) is 4.90 Å². The SMILES string of the molecule is Cc1cn2cc(Cn3cc4c(NCc5c(C)cc(N(COC(C)(C)C)C(=O)OC(C)(C)C)nc5C)nc(Cl)cc4n3)ccc2n1. The molecule has 0 fully saturated rings. The van der Waals surface area contributed by atoms with Crippen molar-refractivity contribution in [1.29, 1.82) is 0 Å². The molecule has 0 saturated carbocycles. The number of imidazole rings is 1. The summed E-state index contributed by atoms with van der Waals surface area (Å²) in [7, 11) is 0. The fraction of sp³-hybridized carbons (Fsp3) is 0.424. The number of hydrogen-bond acceptors (Lipinski definition) is 8. The minimum atomic E-state index is -0.666. The molecule has 0 aliphatic rings. The Labute approximate surface area is 268 Å². The van der Waals surface area contributed by atoms with Gasteiger partial charge in [0.2, 0.25) is 0 Å². The van der Waals surface area contributed by atoms with Gasteiger partial charge in [-0.15, -0.1) is 0 Å². The van der Waals surface area contributed by atoms with Gasteiger partial charge < -0.3 is 19.2 Å². The molecule has 5 aromatic rings. The molecule has 0 atom stereocenters. The highest BCUT2D eigenvalue weighted by Gasteiger charge is 2.27. The Bertz CT molecular complexity index is 1840. The third kappa shape index (κ3) is 7.90. The Morgan fingerprint density at radius 1 is 0.978 bits per heavy atom. The van der Waals surface area contributed by atoms with Gasteiger partial charge in [0.15, 0.2) is 0 Å². The summed E-state index contributed by atoms with van der Waals surface area (Å²) in [5.74, 6) is 1.09. The first-order chi connectivity index (χ1) is 21.0. The number of ether oxygens (including phenoxy) is 2. The number of hydrogen-bond donors (Lipinski definition) is 1. The van der Waals surface area contributed by atoms with Crippen molar-refractivity contribution in [2.75, 3.05) is 16.9 Å². The van der Waals surface area contributed by atoms with E-state index in [4.69, 9.17) is 31.2 Å². The van der Waals surface area contributed by atoms with Crippen LogP contribution in [-0.2, 0) is 22.6 Å². The molecule has 0 spiro atoms. The Morgan fingerprint density at radius 2 is 1.73 bits per heavy atom. The molecule has 0 unspecified atom stereocenters. The maximum Gasteiger partial charge on any atom is 0.417 e. The largest absolute Gasteiger partial charge is 0.443 e. The van der Waals surface area contributed by atoms with Crippen LogP contribution in [0.4, 0.5) is 16.4 Å². The van der Waals surface area contributed by atoms with Gasteiger partial charge in [0.05, 0.1) is 28.7 Å². The molecule has 11 nitrogen and oxygen atoms in total. The fourth-order valence-electron chi connectivity index (χ4n) is 4.90. The topological polar surface area (TPSA) is 112 Å². The molecule has 1 N–H and O–H groups in total. The Hall–Kier alpha value is -4.22. The average molecular weight is 633 g/mol. The van der Waals surface area contributed by atoms with Crippen molar-refractivity contribution in [1.82, 2.24) is 29.1 Å². The number of amides is 1. The summed E-state index contributed by atoms with van der Waals surface area (Å²) in [5.41, 5.74) is 5.29. The number of anilines is 2. The second kappa shape index (κ2) is 12.3. The van der Waals surface area contributed by atoms with Gasteiger partial charge >= 0.3 is 6.09 Å². The summed E-state index contributed by atoms with van der Waals surface area (Å²) in [6.07, 6.45) is 5.52. The van der Waals surface area contributed by atoms with Crippen LogP contribution in [0.1, 0.15) is 69.6 Å². The molecular weight excluding hydrogens is 592 g/mol.